The molecule has 25 heavy (non-hydrogen) atoms. The van der Waals surface area contributed by atoms with E-state index in [1.807, 2.05) is 13.0 Å². The van der Waals surface area contributed by atoms with E-state index in [-0.39, 0.29) is 5.91 Å². The summed E-state index contributed by atoms with van der Waals surface area (Å²) in [5.41, 5.74) is 2.16. The summed E-state index contributed by atoms with van der Waals surface area (Å²) >= 11 is 6.00. The van der Waals surface area contributed by atoms with Crippen LogP contribution in [0.2, 0.25) is 5.02 Å². The zero-order valence-electron chi connectivity index (χ0n) is 13.9. The maximum Gasteiger partial charge on any atom is 0.255 e. The molecule has 0 atom stereocenters. The SMILES string of the molecule is Cc1ccc(Cl)cc1NC(=O)c1ccnc(N2CCN(C=O)CC2)c1. The Kier molecular flexibility index (Phi) is 5.19. The van der Waals surface area contributed by atoms with Crippen LogP contribution in [-0.4, -0.2) is 48.4 Å². The summed E-state index contributed by atoms with van der Waals surface area (Å²) in [7, 11) is 0. The predicted molar refractivity (Wildman–Crippen MR) is 98.2 cm³/mol. The third kappa shape index (κ3) is 4.09. The molecular weight excluding hydrogens is 340 g/mol. The lowest BCUT2D eigenvalue weighted by molar-refractivity contribution is -0.118. The molecule has 1 fully saturated rings. The maximum atomic E-state index is 12.6. The minimum atomic E-state index is -0.208. The van der Waals surface area contributed by atoms with Crippen LogP contribution < -0.4 is 10.2 Å². The van der Waals surface area contributed by atoms with Crippen molar-refractivity contribution in [2.75, 3.05) is 36.4 Å². The van der Waals surface area contributed by atoms with E-state index in [1.54, 1.807) is 35.4 Å². The van der Waals surface area contributed by atoms with Gasteiger partial charge in [-0.3, -0.25) is 9.59 Å². The third-order valence-electron chi connectivity index (χ3n) is 4.24. The van der Waals surface area contributed by atoms with Crippen molar-refractivity contribution in [3.63, 3.8) is 0 Å². The fourth-order valence-electron chi connectivity index (χ4n) is 2.71. The monoisotopic (exact) mass is 358 g/mol. The molecule has 0 unspecified atom stereocenters. The second-order valence-corrected chi connectivity index (χ2v) is 6.38. The number of aromatic nitrogens is 1. The number of anilines is 2. The van der Waals surface area contributed by atoms with Gasteiger partial charge >= 0.3 is 0 Å². The lowest BCUT2D eigenvalue weighted by atomic mass is 10.1. The number of amides is 2. The predicted octanol–water partition coefficient (Wildman–Crippen LogP) is 2.57. The van der Waals surface area contributed by atoms with E-state index in [0.29, 0.717) is 42.5 Å². The largest absolute Gasteiger partial charge is 0.353 e. The molecular formula is C18H19ClN4O2. The van der Waals surface area contributed by atoms with E-state index < -0.39 is 0 Å². The molecule has 1 aromatic carbocycles. The van der Waals surface area contributed by atoms with E-state index in [2.05, 4.69) is 15.2 Å². The van der Waals surface area contributed by atoms with Gasteiger partial charge in [-0.05, 0) is 36.8 Å². The van der Waals surface area contributed by atoms with Crippen LogP contribution >= 0.6 is 11.6 Å². The molecule has 0 aliphatic carbocycles. The average molecular weight is 359 g/mol. The topological polar surface area (TPSA) is 65.5 Å². The first-order chi connectivity index (χ1) is 12.1. The van der Waals surface area contributed by atoms with Gasteiger partial charge < -0.3 is 15.1 Å². The van der Waals surface area contributed by atoms with Crippen molar-refractivity contribution in [3.05, 3.63) is 52.7 Å². The number of pyridine rings is 1. The Hall–Kier alpha value is -2.60. The van der Waals surface area contributed by atoms with Crippen LogP contribution in [0, 0.1) is 6.92 Å². The Labute approximate surface area is 151 Å². The Bertz CT molecular complexity index is 788. The van der Waals surface area contributed by atoms with Gasteiger partial charge in [-0.1, -0.05) is 17.7 Å². The van der Waals surface area contributed by atoms with Crippen LogP contribution in [0.25, 0.3) is 0 Å². The Morgan fingerprint density at radius 1 is 1.20 bits per heavy atom. The summed E-state index contributed by atoms with van der Waals surface area (Å²) < 4.78 is 0. The van der Waals surface area contributed by atoms with Gasteiger partial charge in [0, 0.05) is 48.6 Å². The number of carbonyl (C=O) groups is 2. The highest BCUT2D eigenvalue weighted by molar-refractivity contribution is 6.31. The van der Waals surface area contributed by atoms with Crippen molar-refractivity contribution >= 4 is 35.4 Å². The standard InChI is InChI=1S/C18H19ClN4O2/c1-13-2-3-15(19)11-16(13)21-18(25)14-4-5-20-17(10-14)23-8-6-22(12-24)7-9-23/h2-5,10-12H,6-9H2,1H3,(H,21,25). The molecule has 0 radical (unpaired) electrons. The molecule has 130 valence electrons. The first-order valence-corrected chi connectivity index (χ1v) is 8.42. The van der Waals surface area contributed by atoms with E-state index >= 15 is 0 Å². The van der Waals surface area contributed by atoms with Crippen molar-refractivity contribution < 1.29 is 9.59 Å². The van der Waals surface area contributed by atoms with Gasteiger partial charge in [-0.2, -0.15) is 0 Å². The van der Waals surface area contributed by atoms with E-state index in [1.165, 1.54) is 0 Å². The van der Waals surface area contributed by atoms with Crippen LogP contribution in [0.5, 0.6) is 0 Å². The lowest BCUT2D eigenvalue weighted by Gasteiger charge is -2.33. The quantitative estimate of drug-likeness (QED) is 0.853. The summed E-state index contributed by atoms with van der Waals surface area (Å²) in [6.45, 7) is 4.62. The van der Waals surface area contributed by atoms with Crippen LogP contribution in [0.3, 0.4) is 0 Å². The molecule has 1 aliphatic heterocycles. The Morgan fingerprint density at radius 2 is 1.96 bits per heavy atom. The second-order valence-electron chi connectivity index (χ2n) is 5.94. The average Bonchev–Trinajstić information content (AvgIpc) is 2.65. The number of benzene rings is 1. The molecule has 2 amide bonds. The van der Waals surface area contributed by atoms with Crippen molar-refractivity contribution in [2.24, 2.45) is 0 Å². The smallest absolute Gasteiger partial charge is 0.255 e. The first kappa shape index (κ1) is 17.2. The van der Waals surface area contributed by atoms with Crippen LogP contribution in [0.4, 0.5) is 11.5 Å². The lowest BCUT2D eigenvalue weighted by Crippen LogP contribution is -2.46. The minimum absolute atomic E-state index is 0.208. The number of rotatable bonds is 4. The number of aryl methyl sites for hydroxylation is 1. The highest BCUT2D eigenvalue weighted by Gasteiger charge is 2.18. The zero-order chi connectivity index (χ0) is 17.8. The molecule has 0 saturated carbocycles. The molecule has 1 aliphatic rings. The first-order valence-electron chi connectivity index (χ1n) is 8.04. The molecule has 7 heteroatoms. The van der Waals surface area contributed by atoms with E-state index in [4.69, 9.17) is 11.6 Å². The fraction of sp³-hybridized carbons (Fsp3) is 0.278. The molecule has 3 rings (SSSR count). The Balaban J connectivity index is 1.73. The number of carbonyl (C=O) groups excluding carboxylic acids is 2. The number of hydrogen-bond acceptors (Lipinski definition) is 4. The molecule has 0 bridgehead atoms. The van der Waals surface area contributed by atoms with Crippen LogP contribution in [0.1, 0.15) is 15.9 Å². The summed E-state index contributed by atoms with van der Waals surface area (Å²) in [4.78, 5) is 31.5. The number of halogens is 1. The summed E-state index contributed by atoms with van der Waals surface area (Å²) in [6, 6.07) is 8.83. The highest BCUT2D eigenvalue weighted by atomic mass is 35.5. The maximum absolute atomic E-state index is 12.6. The second kappa shape index (κ2) is 7.53. The van der Waals surface area contributed by atoms with Gasteiger partial charge in [0.25, 0.3) is 5.91 Å². The van der Waals surface area contributed by atoms with Gasteiger partial charge in [0.1, 0.15) is 5.82 Å². The third-order valence-corrected chi connectivity index (χ3v) is 4.48. The number of piperazine rings is 1. The molecule has 1 aromatic heterocycles. The summed E-state index contributed by atoms with van der Waals surface area (Å²) in [5.74, 6) is 0.529. The highest BCUT2D eigenvalue weighted by Crippen LogP contribution is 2.21. The Morgan fingerprint density at radius 3 is 2.68 bits per heavy atom. The molecule has 0 spiro atoms. The van der Waals surface area contributed by atoms with Gasteiger partial charge in [0.15, 0.2) is 0 Å². The molecule has 1 N–H and O–H groups in total. The normalized spacial score (nSPS) is 14.3. The van der Waals surface area contributed by atoms with Crippen molar-refractivity contribution in [1.82, 2.24) is 9.88 Å². The van der Waals surface area contributed by atoms with Gasteiger partial charge in [-0.15, -0.1) is 0 Å². The zero-order valence-corrected chi connectivity index (χ0v) is 14.7. The fourth-order valence-corrected chi connectivity index (χ4v) is 2.88. The van der Waals surface area contributed by atoms with Crippen molar-refractivity contribution in [3.8, 4) is 0 Å². The van der Waals surface area contributed by atoms with Gasteiger partial charge in [0.2, 0.25) is 6.41 Å². The summed E-state index contributed by atoms with van der Waals surface area (Å²) in [5, 5.41) is 3.46. The van der Waals surface area contributed by atoms with Crippen LogP contribution in [-0.2, 0) is 4.79 Å². The van der Waals surface area contributed by atoms with Crippen LogP contribution in [0.15, 0.2) is 36.5 Å². The molecule has 6 nitrogen and oxygen atoms in total. The van der Waals surface area contributed by atoms with E-state index in [9.17, 15) is 9.59 Å². The van der Waals surface area contributed by atoms with Gasteiger partial charge in [0.05, 0.1) is 0 Å². The molecule has 2 aromatic rings. The number of nitrogens with zero attached hydrogens (tertiary/aromatic N) is 3. The van der Waals surface area contributed by atoms with E-state index in [0.717, 1.165) is 17.8 Å². The molecule has 1 saturated heterocycles. The minimum Gasteiger partial charge on any atom is -0.353 e. The summed E-state index contributed by atoms with van der Waals surface area (Å²) in [6.07, 6.45) is 2.49. The molecule has 2 heterocycles. The number of nitrogens with one attached hydrogen (secondary N) is 1. The van der Waals surface area contributed by atoms with Gasteiger partial charge in [-0.25, -0.2) is 4.98 Å². The van der Waals surface area contributed by atoms with Crippen molar-refractivity contribution in [1.29, 1.82) is 0 Å². The number of hydrogen-bond donors (Lipinski definition) is 1. The van der Waals surface area contributed by atoms with Crippen molar-refractivity contribution in [2.45, 2.75) is 6.92 Å².